The summed E-state index contributed by atoms with van der Waals surface area (Å²) in [6, 6.07) is 0. The van der Waals surface area contributed by atoms with Gasteiger partial charge in [0, 0.05) is 18.0 Å². The molecule has 0 unspecified atom stereocenters. The summed E-state index contributed by atoms with van der Waals surface area (Å²) in [6.45, 7) is 0. The molecule has 3 nitrogen and oxygen atoms in total. The molecule has 0 amide bonds. The predicted molar refractivity (Wildman–Crippen MR) is 53.2 cm³/mol. The third-order valence-corrected chi connectivity index (χ3v) is 2.69. The maximum Gasteiger partial charge on any atom is 0.223 e. The number of nitrogens with zero attached hydrogens (tertiary/aromatic N) is 3. The molecule has 0 N–H and O–H groups in total. The summed E-state index contributed by atoms with van der Waals surface area (Å²) < 4.78 is 0. The van der Waals surface area contributed by atoms with Crippen molar-refractivity contribution in [2.24, 2.45) is 0 Å². The molecule has 0 aliphatic rings. The van der Waals surface area contributed by atoms with Crippen molar-refractivity contribution >= 4 is 34.5 Å². The predicted octanol–water partition coefficient (Wildman–Crippen LogP) is 2.91. The SMILES string of the molecule is Clc1ncc(-c2cncs2)c(Cl)n1. The molecule has 0 aliphatic carbocycles. The summed E-state index contributed by atoms with van der Waals surface area (Å²) in [7, 11) is 0. The Balaban J connectivity index is 2.53. The fourth-order valence-electron chi connectivity index (χ4n) is 0.855. The van der Waals surface area contributed by atoms with Gasteiger partial charge in [0.25, 0.3) is 0 Å². The quantitative estimate of drug-likeness (QED) is 0.560. The van der Waals surface area contributed by atoms with E-state index in [4.69, 9.17) is 23.2 Å². The van der Waals surface area contributed by atoms with Crippen LogP contribution in [0.2, 0.25) is 10.4 Å². The van der Waals surface area contributed by atoms with E-state index in [9.17, 15) is 0 Å². The second-order valence-corrected chi connectivity index (χ2v) is 3.79. The Labute approximate surface area is 88.4 Å². The Bertz CT molecular complexity index is 416. The van der Waals surface area contributed by atoms with Crippen LogP contribution in [0.3, 0.4) is 0 Å². The van der Waals surface area contributed by atoms with Crippen LogP contribution in [-0.2, 0) is 0 Å². The van der Waals surface area contributed by atoms with Crippen LogP contribution in [0.15, 0.2) is 17.9 Å². The van der Waals surface area contributed by atoms with Crippen LogP contribution in [0.1, 0.15) is 0 Å². The summed E-state index contributed by atoms with van der Waals surface area (Å²) >= 11 is 12.9. The topological polar surface area (TPSA) is 38.7 Å². The summed E-state index contributed by atoms with van der Waals surface area (Å²) in [5, 5.41) is 0.502. The molecule has 0 spiro atoms. The van der Waals surface area contributed by atoms with Crippen LogP contribution in [0.4, 0.5) is 0 Å². The van der Waals surface area contributed by atoms with Gasteiger partial charge in [-0.05, 0) is 11.6 Å². The molecule has 0 bridgehead atoms. The molecule has 2 rings (SSSR count). The van der Waals surface area contributed by atoms with Crippen molar-refractivity contribution in [3.05, 3.63) is 28.3 Å². The van der Waals surface area contributed by atoms with E-state index in [0.717, 1.165) is 10.4 Å². The van der Waals surface area contributed by atoms with Crippen LogP contribution in [0, 0.1) is 0 Å². The van der Waals surface area contributed by atoms with Gasteiger partial charge in [-0.25, -0.2) is 9.97 Å². The molecule has 0 radical (unpaired) electrons. The first kappa shape index (κ1) is 8.87. The lowest BCUT2D eigenvalue weighted by atomic mass is 10.3. The van der Waals surface area contributed by atoms with Crippen molar-refractivity contribution in [1.29, 1.82) is 0 Å². The Kier molecular flexibility index (Phi) is 2.44. The van der Waals surface area contributed by atoms with Gasteiger partial charge in [-0.2, -0.15) is 0 Å². The second-order valence-electron chi connectivity index (χ2n) is 2.21. The van der Waals surface area contributed by atoms with E-state index in [1.807, 2.05) is 0 Å². The van der Waals surface area contributed by atoms with Gasteiger partial charge in [-0.15, -0.1) is 11.3 Å². The Morgan fingerprint density at radius 2 is 2.08 bits per heavy atom. The first-order valence-electron chi connectivity index (χ1n) is 3.34. The van der Waals surface area contributed by atoms with Crippen LogP contribution < -0.4 is 0 Å². The van der Waals surface area contributed by atoms with Crippen molar-refractivity contribution in [2.75, 3.05) is 0 Å². The maximum absolute atomic E-state index is 5.86. The van der Waals surface area contributed by atoms with E-state index in [0.29, 0.717) is 5.15 Å². The molecule has 2 heterocycles. The summed E-state index contributed by atoms with van der Waals surface area (Å²) in [5.74, 6) is 0. The highest BCUT2D eigenvalue weighted by Crippen LogP contribution is 2.28. The van der Waals surface area contributed by atoms with E-state index >= 15 is 0 Å². The highest BCUT2D eigenvalue weighted by molar-refractivity contribution is 7.13. The van der Waals surface area contributed by atoms with Gasteiger partial charge in [-0.1, -0.05) is 11.6 Å². The van der Waals surface area contributed by atoms with Crippen LogP contribution in [0.25, 0.3) is 10.4 Å². The molecule has 6 heteroatoms. The minimum atomic E-state index is 0.151. The largest absolute Gasteiger partial charge is 0.252 e. The van der Waals surface area contributed by atoms with E-state index < -0.39 is 0 Å². The van der Waals surface area contributed by atoms with Gasteiger partial charge >= 0.3 is 0 Å². The number of thiazole rings is 1. The Hall–Kier alpha value is -0.710. The summed E-state index contributed by atoms with van der Waals surface area (Å²) in [6.07, 6.45) is 3.30. The third kappa shape index (κ3) is 1.80. The average molecular weight is 232 g/mol. The lowest BCUT2D eigenvalue weighted by molar-refractivity contribution is 1.17. The molecule has 13 heavy (non-hydrogen) atoms. The third-order valence-electron chi connectivity index (χ3n) is 1.41. The molecule has 0 saturated heterocycles. The molecule has 0 aromatic carbocycles. The minimum absolute atomic E-state index is 0.151. The van der Waals surface area contributed by atoms with E-state index in [2.05, 4.69) is 15.0 Å². The normalized spacial score (nSPS) is 10.3. The van der Waals surface area contributed by atoms with E-state index in [1.54, 1.807) is 17.9 Å². The Morgan fingerprint density at radius 1 is 1.23 bits per heavy atom. The fraction of sp³-hybridized carbons (Fsp3) is 0. The van der Waals surface area contributed by atoms with Gasteiger partial charge in [0.2, 0.25) is 5.28 Å². The van der Waals surface area contributed by atoms with Gasteiger partial charge in [0.1, 0.15) is 5.15 Å². The summed E-state index contributed by atoms with van der Waals surface area (Å²) in [4.78, 5) is 12.5. The zero-order chi connectivity index (χ0) is 9.26. The first-order valence-corrected chi connectivity index (χ1v) is 4.98. The molecule has 0 fully saturated rings. The van der Waals surface area contributed by atoms with E-state index in [1.165, 1.54) is 11.3 Å². The van der Waals surface area contributed by atoms with Crippen molar-refractivity contribution in [2.45, 2.75) is 0 Å². The Morgan fingerprint density at radius 3 is 2.69 bits per heavy atom. The number of rotatable bonds is 1. The number of halogens is 2. The van der Waals surface area contributed by atoms with Gasteiger partial charge in [-0.3, -0.25) is 4.98 Å². The van der Waals surface area contributed by atoms with Gasteiger partial charge in [0.15, 0.2) is 0 Å². The number of aromatic nitrogens is 3. The average Bonchev–Trinajstić information content (AvgIpc) is 2.56. The number of hydrogen-bond donors (Lipinski definition) is 0. The molecular weight excluding hydrogens is 229 g/mol. The van der Waals surface area contributed by atoms with Crippen molar-refractivity contribution in [1.82, 2.24) is 15.0 Å². The molecule has 0 atom stereocenters. The standard InChI is InChI=1S/C7H3Cl2N3S/c8-6-4(1-11-7(9)12-6)5-2-10-3-13-5/h1-3H. The van der Waals surface area contributed by atoms with Crippen LogP contribution in [0.5, 0.6) is 0 Å². The molecule has 66 valence electrons. The smallest absolute Gasteiger partial charge is 0.223 e. The van der Waals surface area contributed by atoms with Crippen LogP contribution >= 0.6 is 34.5 Å². The van der Waals surface area contributed by atoms with Crippen molar-refractivity contribution in [3.8, 4) is 10.4 Å². The molecule has 2 aromatic rings. The number of hydrogen-bond acceptors (Lipinski definition) is 4. The maximum atomic E-state index is 5.86. The highest BCUT2D eigenvalue weighted by atomic mass is 35.5. The summed E-state index contributed by atoms with van der Waals surface area (Å²) in [5.41, 5.74) is 2.48. The monoisotopic (exact) mass is 231 g/mol. The first-order chi connectivity index (χ1) is 6.27. The second kappa shape index (κ2) is 3.57. The lowest BCUT2D eigenvalue weighted by Gasteiger charge is -1.98. The lowest BCUT2D eigenvalue weighted by Crippen LogP contribution is -1.85. The minimum Gasteiger partial charge on any atom is -0.252 e. The molecule has 2 aromatic heterocycles. The molecule has 0 saturated carbocycles. The van der Waals surface area contributed by atoms with Gasteiger partial charge in [0.05, 0.1) is 10.4 Å². The van der Waals surface area contributed by atoms with E-state index in [-0.39, 0.29) is 5.28 Å². The van der Waals surface area contributed by atoms with Crippen molar-refractivity contribution in [3.63, 3.8) is 0 Å². The van der Waals surface area contributed by atoms with Crippen LogP contribution in [-0.4, -0.2) is 15.0 Å². The fourth-order valence-corrected chi connectivity index (χ4v) is 1.95. The zero-order valence-electron chi connectivity index (χ0n) is 6.24. The van der Waals surface area contributed by atoms with Gasteiger partial charge < -0.3 is 0 Å². The molecular formula is C7H3Cl2N3S. The highest BCUT2D eigenvalue weighted by Gasteiger charge is 2.07. The van der Waals surface area contributed by atoms with Crippen molar-refractivity contribution < 1.29 is 0 Å². The zero-order valence-corrected chi connectivity index (χ0v) is 8.57. The molecule has 0 aliphatic heterocycles.